The van der Waals surface area contributed by atoms with Gasteiger partial charge in [-0.25, -0.2) is 13.6 Å². The van der Waals surface area contributed by atoms with Crippen molar-refractivity contribution < 1.29 is 18.3 Å². The molecule has 0 radical (unpaired) electrons. The van der Waals surface area contributed by atoms with Gasteiger partial charge in [-0.2, -0.15) is 12.6 Å². The average Bonchev–Trinajstić information content (AvgIpc) is 3.16. The Hall–Kier alpha value is -2.64. The lowest BCUT2D eigenvalue weighted by Gasteiger charge is -2.24. The summed E-state index contributed by atoms with van der Waals surface area (Å²) in [5, 5.41) is 5.51. The van der Waals surface area contributed by atoms with Crippen molar-refractivity contribution in [3.63, 3.8) is 0 Å². The van der Waals surface area contributed by atoms with Gasteiger partial charge in [0.15, 0.2) is 0 Å². The number of rotatable bonds is 7. The van der Waals surface area contributed by atoms with Crippen LogP contribution >= 0.6 is 12.6 Å². The van der Waals surface area contributed by atoms with Crippen LogP contribution in [0.4, 0.5) is 13.6 Å². The molecule has 1 aliphatic rings. The van der Waals surface area contributed by atoms with Gasteiger partial charge in [0, 0.05) is 42.9 Å². The standard InChI is InChI=1S/C25H26F2N2O2S/c26-20-8-9-24(27)19(12-20)14-28-15-21-13-22(32)16-29(21)25(30)31-11-10-18-6-3-5-17-4-1-2-7-23(17)18/h1-9,12,21-22,28,32H,10-11,13-16H2/t21-,22+/m0/s1. The first-order valence-corrected chi connectivity index (χ1v) is 11.3. The summed E-state index contributed by atoms with van der Waals surface area (Å²) >= 11 is 4.53. The summed E-state index contributed by atoms with van der Waals surface area (Å²) in [5.74, 6) is -0.932. The highest BCUT2D eigenvalue weighted by Crippen LogP contribution is 2.23. The van der Waals surface area contributed by atoms with Gasteiger partial charge in [-0.15, -0.1) is 0 Å². The highest BCUT2D eigenvalue weighted by Gasteiger charge is 2.34. The van der Waals surface area contributed by atoms with Crippen molar-refractivity contribution >= 4 is 29.5 Å². The van der Waals surface area contributed by atoms with Crippen molar-refractivity contribution in [2.45, 2.75) is 30.7 Å². The van der Waals surface area contributed by atoms with Crippen LogP contribution in [0.5, 0.6) is 0 Å². The van der Waals surface area contributed by atoms with Gasteiger partial charge in [-0.1, -0.05) is 42.5 Å². The van der Waals surface area contributed by atoms with Gasteiger partial charge in [0.05, 0.1) is 6.61 Å². The molecule has 1 heterocycles. The quantitative estimate of drug-likeness (QED) is 0.494. The first-order valence-electron chi connectivity index (χ1n) is 10.7. The van der Waals surface area contributed by atoms with E-state index in [2.05, 4.69) is 36.1 Å². The van der Waals surface area contributed by atoms with Crippen molar-refractivity contribution in [2.24, 2.45) is 0 Å². The lowest BCUT2D eigenvalue weighted by molar-refractivity contribution is 0.0989. The molecule has 1 saturated heterocycles. The monoisotopic (exact) mass is 456 g/mol. The van der Waals surface area contributed by atoms with Crippen LogP contribution in [0.2, 0.25) is 0 Å². The van der Waals surface area contributed by atoms with Gasteiger partial charge in [0.1, 0.15) is 11.6 Å². The molecule has 4 rings (SSSR count). The third-order valence-electron chi connectivity index (χ3n) is 5.81. The van der Waals surface area contributed by atoms with Crippen LogP contribution in [0.3, 0.4) is 0 Å². The van der Waals surface area contributed by atoms with E-state index in [4.69, 9.17) is 4.74 Å². The minimum atomic E-state index is -0.476. The van der Waals surface area contributed by atoms with Crippen molar-refractivity contribution in [1.29, 1.82) is 0 Å². The summed E-state index contributed by atoms with van der Waals surface area (Å²) in [7, 11) is 0. The predicted octanol–water partition coefficient (Wildman–Crippen LogP) is 4.96. The minimum Gasteiger partial charge on any atom is -0.449 e. The summed E-state index contributed by atoms with van der Waals surface area (Å²) in [6.45, 7) is 1.42. The zero-order valence-electron chi connectivity index (χ0n) is 17.6. The number of likely N-dealkylation sites (tertiary alicyclic amines) is 1. The molecule has 1 amide bonds. The second-order valence-corrected chi connectivity index (χ2v) is 8.80. The molecule has 32 heavy (non-hydrogen) atoms. The van der Waals surface area contributed by atoms with Crippen LogP contribution in [-0.4, -0.2) is 42.0 Å². The van der Waals surface area contributed by atoms with Crippen molar-refractivity contribution in [3.05, 3.63) is 83.4 Å². The summed E-state index contributed by atoms with van der Waals surface area (Å²) in [6, 6.07) is 17.5. The topological polar surface area (TPSA) is 41.6 Å². The van der Waals surface area contributed by atoms with Gasteiger partial charge >= 0.3 is 6.09 Å². The smallest absolute Gasteiger partial charge is 0.410 e. The first-order chi connectivity index (χ1) is 15.5. The normalized spacial score (nSPS) is 18.3. The fourth-order valence-electron chi connectivity index (χ4n) is 4.20. The number of hydrogen-bond donors (Lipinski definition) is 2. The van der Waals surface area contributed by atoms with E-state index in [-0.39, 0.29) is 36.1 Å². The largest absolute Gasteiger partial charge is 0.449 e. The zero-order valence-corrected chi connectivity index (χ0v) is 18.5. The Labute approximate surface area is 192 Å². The Morgan fingerprint density at radius 2 is 1.91 bits per heavy atom. The number of carbonyl (C=O) groups is 1. The summed E-state index contributed by atoms with van der Waals surface area (Å²) in [6.07, 6.45) is 0.971. The van der Waals surface area contributed by atoms with E-state index in [0.29, 0.717) is 25.9 Å². The maximum absolute atomic E-state index is 13.8. The minimum absolute atomic E-state index is 0.0540. The molecule has 3 aromatic carbocycles. The molecule has 2 atom stereocenters. The van der Waals surface area contributed by atoms with Crippen LogP contribution < -0.4 is 5.32 Å². The molecule has 1 aliphatic heterocycles. The van der Waals surface area contributed by atoms with Crippen molar-refractivity contribution in [2.75, 3.05) is 19.7 Å². The molecular formula is C25H26F2N2O2S. The third kappa shape index (κ3) is 5.40. The van der Waals surface area contributed by atoms with Gasteiger partial charge in [-0.05, 0) is 41.0 Å². The Kier molecular flexibility index (Phi) is 7.27. The van der Waals surface area contributed by atoms with Crippen LogP contribution in [0, 0.1) is 11.6 Å². The van der Waals surface area contributed by atoms with Crippen LogP contribution in [-0.2, 0) is 17.7 Å². The Morgan fingerprint density at radius 3 is 2.78 bits per heavy atom. The molecule has 7 heteroatoms. The van der Waals surface area contributed by atoms with E-state index < -0.39 is 11.6 Å². The molecule has 0 bridgehead atoms. The Morgan fingerprint density at radius 1 is 1.09 bits per heavy atom. The van der Waals surface area contributed by atoms with E-state index in [1.807, 2.05) is 24.3 Å². The molecule has 0 unspecified atom stereocenters. The zero-order chi connectivity index (χ0) is 22.5. The van der Waals surface area contributed by atoms with Crippen LogP contribution in [0.1, 0.15) is 17.5 Å². The number of fused-ring (bicyclic) bond motifs is 1. The van der Waals surface area contributed by atoms with Crippen molar-refractivity contribution in [3.8, 4) is 0 Å². The number of amides is 1. The molecular weight excluding hydrogens is 430 g/mol. The van der Waals surface area contributed by atoms with Crippen LogP contribution in [0.15, 0.2) is 60.7 Å². The molecule has 1 fully saturated rings. The molecule has 1 N–H and O–H groups in total. The summed E-state index contributed by atoms with van der Waals surface area (Å²) < 4.78 is 32.7. The fraction of sp³-hybridized carbons (Fsp3) is 0.320. The number of benzene rings is 3. The van der Waals surface area contributed by atoms with E-state index >= 15 is 0 Å². The van der Waals surface area contributed by atoms with Crippen LogP contribution in [0.25, 0.3) is 10.8 Å². The summed E-state index contributed by atoms with van der Waals surface area (Å²) in [5.41, 5.74) is 1.40. The third-order valence-corrected chi connectivity index (χ3v) is 6.18. The SMILES string of the molecule is O=C(OCCc1cccc2ccccc12)N1C[C@H](S)C[C@H]1CNCc1cc(F)ccc1F. The Bertz CT molecular complexity index is 1090. The number of halogens is 2. The lowest BCUT2D eigenvalue weighted by Crippen LogP contribution is -2.42. The number of carbonyl (C=O) groups excluding carboxylic acids is 1. The molecule has 0 saturated carbocycles. The van der Waals surface area contributed by atoms with Gasteiger partial charge in [-0.3, -0.25) is 0 Å². The lowest BCUT2D eigenvalue weighted by atomic mass is 10.0. The molecule has 0 aromatic heterocycles. The van der Waals surface area contributed by atoms with E-state index in [1.165, 1.54) is 6.07 Å². The highest BCUT2D eigenvalue weighted by molar-refractivity contribution is 7.81. The number of ether oxygens (including phenoxy) is 1. The number of nitrogens with zero attached hydrogens (tertiary/aromatic N) is 1. The predicted molar refractivity (Wildman–Crippen MR) is 125 cm³/mol. The molecule has 0 spiro atoms. The molecule has 4 nitrogen and oxygen atoms in total. The number of thiol groups is 1. The molecule has 168 valence electrons. The molecule has 0 aliphatic carbocycles. The average molecular weight is 457 g/mol. The van der Waals surface area contributed by atoms with Gasteiger partial charge in [0.25, 0.3) is 0 Å². The fourth-order valence-corrected chi connectivity index (χ4v) is 4.62. The summed E-state index contributed by atoms with van der Waals surface area (Å²) in [4.78, 5) is 14.4. The van der Waals surface area contributed by atoms with E-state index in [0.717, 1.165) is 28.5 Å². The molecule has 3 aromatic rings. The van der Waals surface area contributed by atoms with E-state index in [9.17, 15) is 13.6 Å². The Balaban J connectivity index is 1.30. The van der Waals surface area contributed by atoms with Gasteiger partial charge in [0.2, 0.25) is 0 Å². The maximum atomic E-state index is 13.8. The van der Waals surface area contributed by atoms with Gasteiger partial charge < -0.3 is 15.0 Å². The highest BCUT2D eigenvalue weighted by atomic mass is 32.1. The first kappa shape index (κ1) is 22.6. The second kappa shape index (κ2) is 10.3. The van der Waals surface area contributed by atoms with E-state index in [1.54, 1.807) is 4.90 Å². The number of hydrogen-bond acceptors (Lipinski definition) is 4. The second-order valence-electron chi connectivity index (χ2n) is 8.06. The number of nitrogens with one attached hydrogen (secondary N) is 1. The van der Waals surface area contributed by atoms with Crippen molar-refractivity contribution in [1.82, 2.24) is 10.2 Å². The maximum Gasteiger partial charge on any atom is 0.410 e.